The highest BCUT2D eigenvalue weighted by atomic mass is 31.2. The Hall–Kier alpha value is -0.110. The second-order valence-electron chi connectivity index (χ2n) is 10.4. The van der Waals surface area contributed by atoms with Gasteiger partial charge in [0.1, 0.15) is 0 Å². The van der Waals surface area contributed by atoms with Gasteiger partial charge in [0.25, 0.3) is 0 Å². The highest BCUT2D eigenvalue weighted by Crippen LogP contribution is 2.71. The lowest BCUT2D eigenvalue weighted by molar-refractivity contribution is 0.119. The molecule has 0 aromatic rings. The van der Waals surface area contributed by atoms with E-state index in [1.807, 2.05) is 33.5 Å². The van der Waals surface area contributed by atoms with Crippen LogP contribution in [0.15, 0.2) is 11.9 Å². The van der Waals surface area contributed by atoms with Gasteiger partial charge in [0.2, 0.25) is 0 Å². The first kappa shape index (κ1) is 20.6. The van der Waals surface area contributed by atoms with Crippen molar-refractivity contribution >= 4 is 7.60 Å². The number of allylic oxidation sites excluding steroid dienone is 1. The molecule has 4 bridgehead atoms. The average Bonchev–Trinajstić information content (AvgIpc) is 2.95. The van der Waals surface area contributed by atoms with Gasteiger partial charge in [0.15, 0.2) is 0 Å². The molecule has 3 rings (SSSR count). The Morgan fingerprint density at radius 2 is 1.62 bits per heavy atom. The maximum Gasteiger partial charge on any atom is 0.354 e. The predicted molar refractivity (Wildman–Crippen MR) is 108 cm³/mol. The molecule has 0 unspecified atom stereocenters. The fourth-order valence-electron chi connectivity index (χ4n) is 6.72. The summed E-state index contributed by atoms with van der Waals surface area (Å²) < 4.78 is 24.7. The van der Waals surface area contributed by atoms with Crippen molar-refractivity contribution in [3.8, 4) is 0 Å². The number of hydrogen-bond acceptors (Lipinski definition) is 3. The van der Waals surface area contributed by atoms with Gasteiger partial charge >= 0.3 is 7.60 Å². The van der Waals surface area contributed by atoms with Crippen molar-refractivity contribution in [3.05, 3.63) is 11.9 Å². The summed E-state index contributed by atoms with van der Waals surface area (Å²) in [5.41, 5.74) is 0.775. The van der Waals surface area contributed by atoms with Gasteiger partial charge in [-0.25, -0.2) is 0 Å². The topological polar surface area (TPSA) is 35.5 Å². The highest BCUT2D eigenvalue weighted by Gasteiger charge is 2.64. The molecular weight excluding hydrogens is 343 g/mol. The predicted octanol–water partition coefficient (Wildman–Crippen LogP) is 7.03. The molecule has 150 valence electrons. The van der Waals surface area contributed by atoms with Crippen LogP contribution in [0.5, 0.6) is 0 Å². The third-order valence-corrected chi connectivity index (χ3v) is 9.37. The molecule has 0 amide bonds. The molecule has 0 aromatic heterocycles. The van der Waals surface area contributed by atoms with E-state index in [9.17, 15) is 4.57 Å². The number of hydrogen-bond donors (Lipinski definition) is 0. The average molecular weight is 383 g/mol. The molecule has 0 spiro atoms. The van der Waals surface area contributed by atoms with Gasteiger partial charge in [0, 0.05) is 5.82 Å². The van der Waals surface area contributed by atoms with E-state index in [1.54, 1.807) is 0 Å². The van der Waals surface area contributed by atoms with Gasteiger partial charge < -0.3 is 9.05 Å². The Morgan fingerprint density at radius 1 is 1.00 bits per heavy atom. The first-order valence-electron chi connectivity index (χ1n) is 10.6. The molecule has 3 aliphatic carbocycles. The van der Waals surface area contributed by atoms with Crippen LogP contribution in [-0.4, -0.2) is 12.2 Å². The van der Waals surface area contributed by atoms with Crippen molar-refractivity contribution in [1.82, 2.24) is 0 Å². The van der Waals surface area contributed by atoms with E-state index in [1.165, 1.54) is 32.1 Å². The molecule has 0 aromatic carbocycles. The molecule has 0 heterocycles. The molecule has 3 fully saturated rings. The molecule has 26 heavy (non-hydrogen) atoms. The first-order chi connectivity index (χ1) is 12.0. The van der Waals surface area contributed by atoms with E-state index < -0.39 is 7.60 Å². The van der Waals surface area contributed by atoms with Gasteiger partial charge in [-0.1, -0.05) is 33.3 Å². The fraction of sp³-hybridized carbons (Fsp3) is 0.909. The normalized spacial score (nSPS) is 39.3. The summed E-state index contributed by atoms with van der Waals surface area (Å²) in [4.78, 5) is 0. The summed E-state index contributed by atoms with van der Waals surface area (Å²) in [6, 6.07) is 0. The zero-order valence-corrected chi connectivity index (χ0v) is 18.7. The van der Waals surface area contributed by atoms with Crippen molar-refractivity contribution < 1.29 is 13.6 Å². The maximum atomic E-state index is 13.3. The molecule has 3 aliphatic rings. The Labute approximate surface area is 160 Å². The lowest BCUT2D eigenvalue weighted by Gasteiger charge is -2.40. The van der Waals surface area contributed by atoms with E-state index >= 15 is 0 Å². The summed E-state index contributed by atoms with van der Waals surface area (Å²) in [6.45, 7) is 15.1. The Morgan fingerprint density at radius 3 is 2.19 bits per heavy atom. The van der Waals surface area contributed by atoms with Crippen LogP contribution in [-0.2, 0) is 13.6 Å². The number of rotatable bonds is 6. The second-order valence-corrected chi connectivity index (χ2v) is 12.2. The van der Waals surface area contributed by atoms with Gasteiger partial charge in [-0.15, -0.1) is 0 Å². The molecule has 5 atom stereocenters. The van der Waals surface area contributed by atoms with Crippen LogP contribution in [0.2, 0.25) is 0 Å². The molecule has 3 saturated carbocycles. The van der Waals surface area contributed by atoms with Gasteiger partial charge in [-0.05, 0) is 87.9 Å². The maximum absolute atomic E-state index is 13.3. The second kappa shape index (κ2) is 7.05. The monoisotopic (exact) mass is 382 g/mol. The minimum atomic E-state index is -3.20. The smallest absolute Gasteiger partial charge is 0.303 e. The lowest BCUT2D eigenvalue weighted by Crippen LogP contribution is -2.32. The summed E-state index contributed by atoms with van der Waals surface area (Å²) in [7, 11) is -3.20. The quantitative estimate of drug-likeness (QED) is 0.462. The Kier molecular flexibility index (Phi) is 5.59. The van der Waals surface area contributed by atoms with Crippen LogP contribution in [0.3, 0.4) is 0 Å². The fourth-order valence-corrected chi connectivity index (χ4v) is 8.48. The first-order valence-corrected chi connectivity index (χ1v) is 12.3. The molecule has 0 N–H and O–H groups in total. The molecular formula is C22H39O3P. The highest BCUT2D eigenvalue weighted by molar-refractivity contribution is 7.57. The van der Waals surface area contributed by atoms with Crippen LogP contribution in [0.25, 0.3) is 0 Å². The third-order valence-electron chi connectivity index (χ3n) is 7.41. The van der Waals surface area contributed by atoms with Crippen molar-refractivity contribution in [2.24, 2.45) is 34.5 Å². The summed E-state index contributed by atoms with van der Waals surface area (Å²) in [5, 5.41) is 0. The SMILES string of the molecule is CC(C)OP(=O)(/C=C/[C@H]1[C@H]2CC[C@@H]3[C@H]2C(C)(C)CCC[C@@]31C)OC(C)C. The summed E-state index contributed by atoms with van der Waals surface area (Å²) >= 11 is 0. The van der Waals surface area contributed by atoms with Crippen LogP contribution in [0.4, 0.5) is 0 Å². The van der Waals surface area contributed by atoms with E-state index in [0.717, 1.165) is 17.8 Å². The largest absolute Gasteiger partial charge is 0.354 e. The third kappa shape index (κ3) is 3.61. The standard InChI is InChI=1S/C22H39O3P/c1-15(2)24-26(23,25-16(3)4)14-11-18-17-9-10-19-20(17)21(5,6)12-8-13-22(18,19)7/h11,14-20H,8-10,12-13H2,1-7H3/b14-11+/t17-,18+,19-,20+,22-/m1/s1. The molecule has 0 aliphatic heterocycles. The zero-order valence-electron chi connectivity index (χ0n) is 17.8. The molecule has 3 nitrogen and oxygen atoms in total. The van der Waals surface area contributed by atoms with E-state index in [-0.39, 0.29) is 12.2 Å². The molecule has 0 saturated heterocycles. The van der Waals surface area contributed by atoms with Gasteiger partial charge in [0.05, 0.1) is 12.2 Å². The van der Waals surface area contributed by atoms with E-state index in [2.05, 4.69) is 26.8 Å². The van der Waals surface area contributed by atoms with E-state index in [0.29, 0.717) is 16.7 Å². The minimum absolute atomic E-state index is 0.110. The van der Waals surface area contributed by atoms with Crippen molar-refractivity contribution in [2.45, 2.75) is 92.8 Å². The van der Waals surface area contributed by atoms with Gasteiger partial charge in [-0.3, -0.25) is 4.57 Å². The summed E-state index contributed by atoms with van der Waals surface area (Å²) in [6.07, 6.45) is 8.68. The van der Waals surface area contributed by atoms with Crippen LogP contribution >= 0.6 is 7.60 Å². The lowest BCUT2D eigenvalue weighted by atomic mass is 9.65. The molecule has 4 heteroatoms. The van der Waals surface area contributed by atoms with Crippen LogP contribution in [0, 0.1) is 34.5 Å². The molecule has 0 radical (unpaired) electrons. The van der Waals surface area contributed by atoms with E-state index in [4.69, 9.17) is 9.05 Å². The summed E-state index contributed by atoms with van der Waals surface area (Å²) in [5.74, 6) is 4.66. The minimum Gasteiger partial charge on any atom is -0.303 e. The van der Waals surface area contributed by atoms with Crippen molar-refractivity contribution in [3.63, 3.8) is 0 Å². The zero-order chi connectivity index (χ0) is 19.3. The Balaban J connectivity index is 1.89. The van der Waals surface area contributed by atoms with Crippen molar-refractivity contribution in [2.75, 3.05) is 0 Å². The Bertz CT molecular complexity index is 580. The van der Waals surface area contributed by atoms with Gasteiger partial charge in [-0.2, -0.15) is 0 Å². The van der Waals surface area contributed by atoms with Crippen LogP contribution < -0.4 is 0 Å². The van der Waals surface area contributed by atoms with Crippen LogP contribution in [0.1, 0.15) is 80.6 Å². The van der Waals surface area contributed by atoms with Crippen molar-refractivity contribution in [1.29, 1.82) is 0 Å².